The second-order valence-electron chi connectivity index (χ2n) is 7.06. The van der Waals surface area contributed by atoms with Crippen molar-refractivity contribution in [2.75, 3.05) is 5.32 Å². The second kappa shape index (κ2) is 9.05. The monoisotopic (exact) mass is 407 g/mol. The fraction of sp³-hybridized carbons (Fsp3) is 0.0385. The summed E-state index contributed by atoms with van der Waals surface area (Å²) >= 11 is 0. The van der Waals surface area contributed by atoms with Crippen molar-refractivity contribution < 1.29 is 9.59 Å². The number of aromatic nitrogens is 2. The van der Waals surface area contributed by atoms with Crippen molar-refractivity contribution in [3.63, 3.8) is 0 Å². The van der Waals surface area contributed by atoms with E-state index in [1.807, 2.05) is 48.6 Å². The molecule has 0 bridgehead atoms. The zero-order chi connectivity index (χ0) is 21.6. The lowest BCUT2D eigenvalue weighted by atomic mass is 10.0. The average Bonchev–Trinajstić information content (AvgIpc) is 3.20. The number of H-pyrrole nitrogens is 1. The molecular weight excluding hydrogens is 386 g/mol. The molecule has 0 aliphatic heterocycles. The van der Waals surface area contributed by atoms with E-state index in [4.69, 9.17) is 0 Å². The number of fused-ring (bicyclic) bond motifs is 1. The number of aromatic amines is 1. The van der Waals surface area contributed by atoms with Crippen LogP contribution < -0.4 is 5.32 Å². The van der Waals surface area contributed by atoms with E-state index < -0.39 is 0 Å². The number of hydrogen-bond acceptors (Lipinski definition) is 3. The smallest absolute Gasteiger partial charge is 0.228 e. The largest absolute Gasteiger partial charge is 0.326 e. The third-order valence-electron chi connectivity index (χ3n) is 4.83. The maximum absolute atomic E-state index is 13.0. The lowest BCUT2D eigenvalue weighted by Gasteiger charge is -2.06. The van der Waals surface area contributed by atoms with Gasteiger partial charge in [-0.15, -0.1) is 6.58 Å². The van der Waals surface area contributed by atoms with E-state index in [1.165, 1.54) is 6.08 Å². The zero-order valence-corrected chi connectivity index (χ0v) is 16.8. The third-order valence-corrected chi connectivity index (χ3v) is 4.83. The van der Waals surface area contributed by atoms with Crippen LogP contribution in [0.5, 0.6) is 0 Å². The van der Waals surface area contributed by atoms with Crippen molar-refractivity contribution in [2.24, 2.45) is 0 Å². The molecule has 5 heteroatoms. The summed E-state index contributed by atoms with van der Waals surface area (Å²) in [7, 11) is 0. The summed E-state index contributed by atoms with van der Waals surface area (Å²) < 4.78 is 0. The Kier molecular flexibility index (Phi) is 5.85. The van der Waals surface area contributed by atoms with Crippen molar-refractivity contribution in [3.8, 4) is 0 Å². The van der Waals surface area contributed by atoms with E-state index in [0.29, 0.717) is 16.8 Å². The minimum atomic E-state index is -0.172. The van der Waals surface area contributed by atoms with Gasteiger partial charge < -0.3 is 5.32 Å². The average molecular weight is 407 g/mol. The van der Waals surface area contributed by atoms with Gasteiger partial charge in [0.15, 0.2) is 5.78 Å². The summed E-state index contributed by atoms with van der Waals surface area (Å²) in [4.78, 5) is 24.8. The molecule has 0 radical (unpaired) electrons. The number of rotatable bonds is 7. The Hall–Kier alpha value is -4.25. The Morgan fingerprint density at radius 2 is 1.74 bits per heavy atom. The van der Waals surface area contributed by atoms with Crippen molar-refractivity contribution in [1.29, 1.82) is 0 Å². The summed E-state index contributed by atoms with van der Waals surface area (Å²) in [6.45, 7) is 3.55. The summed E-state index contributed by atoms with van der Waals surface area (Å²) in [6, 6.07) is 22.4. The van der Waals surface area contributed by atoms with Gasteiger partial charge in [-0.3, -0.25) is 14.7 Å². The number of hydrogen-bond donors (Lipinski definition) is 2. The van der Waals surface area contributed by atoms with Crippen LogP contribution in [-0.2, 0) is 4.79 Å². The maximum Gasteiger partial charge on any atom is 0.228 e. The zero-order valence-electron chi connectivity index (χ0n) is 16.8. The van der Waals surface area contributed by atoms with E-state index in [2.05, 4.69) is 22.1 Å². The first-order valence-corrected chi connectivity index (χ1v) is 9.91. The molecule has 1 amide bonds. The van der Waals surface area contributed by atoms with Crippen LogP contribution in [0.3, 0.4) is 0 Å². The molecule has 1 aromatic heterocycles. The van der Waals surface area contributed by atoms with Gasteiger partial charge in [0.1, 0.15) is 0 Å². The fourth-order valence-corrected chi connectivity index (χ4v) is 3.30. The highest BCUT2D eigenvalue weighted by Crippen LogP contribution is 2.22. The molecule has 0 saturated heterocycles. The number of benzene rings is 3. The van der Waals surface area contributed by atoms with Gasteiger partial charge >= 0.3 is 0 Å². The van der Waals surface area contributed by atoms with Gasteiger partial charge in [-0.05, 0) is 35.9 Å². The van der Waals surface area contributed by atoms with E-state index in [9.17, 15) is 9.59 Å². The molecule has 1 heterocycles. The Morgan fingerprint density at radius 3 is 2.55 bits per heavy atom. The second-order valence-corrected chi connectivity index (χ2v) is 7.06. The van der Waals surface area contributed by atoms with Crippen molar-refractivity contribution in [1.82, 2.24) is 10.2 Å². The van der Waals surface area contributed by atoms with Crippen LogP contribution in [0.4, 0.5) is 5.69 Å². The number of nitrogens with zero attached hydrogens (tertiary/aromatic N) is 1. The molecule has 0 fully saturated rings. The maximum atomic E-state index is 13.0. The normalized spacial score (nSPS) is 11.0. The van der Waals surface area contributed by atoms with Gasteiger partial charge in [0.05, 0.1) is 11.2 Å². The lowest BCUT2D eigenvalue weighted by Crippen LogP contribution is -2.10. The van der Waals surface area contributed by atoms with Crippen LogP contribution in [0.1, 0.15) is 33.6 Å². The molecule has 3 aromatic carbocycles. The van der Waals surface area contributed by atoms with Gasteiger partial charge in [-0.2, -0.15) is 5.10 Å². The predicted molar refractivity (Wildman–Crippen MR) is 125 cm³/mol. The SMILES string of the molecule is C=CCC(=O)Nc1cccc(C(=O)c2ccc3c(/C=C/c4ccccc4)n[nH]c3c2)c1. The highest BCUT2D eigenvalue weighted by molar-refractivity contribution is 6.11. The number of anilines is 1. The van der Waals surface area contributed by atoms with Crippen LogP contribution in [-0.4, -0.2) is 21.9 Å². The van der Waals surface area contributed by atoms with Gasteiger partial charge in [-0.25, -0.2) is 0 Å². The summed E-state index contributed by atoms with van der Waals surface area (Å²) in [5.74, 6) is -0.299. The molecule has 0 saturated carbocycles. The van der Waals surface area contributed by atoms with Gasteiger partial charge in [-0.1, -0.05) is 60.7 Å². The summed E-state index contributed by atoms with van der Waals surface area (Å²) in [5.41, 5.74) is 4.31. The first-order chi connectivity index (χ1) is 15.1. The Balaban J connectivity index is 1.56. The highest BCUT2D eigenvalue weighted by Gasteiger charge is 2.13. The lowest BCUT2D eigenvalue weighted by molar-refractivity contribution is -0.115. The Morgan fingerprint density at radius 1 is 0.935 bits per heavy atom. The highest BCUT2D eigenvalue weighted by atomic mass is 16.1. The number of carbonyl (C=O) groups excluding carboxylic acids is 2. The molecule has 0 aliphatic carbocycles. The quantitative estimate of drug-likeness (QED) is 0.315. The van der Waals surface area contributed by atoms with Crippen molar-refractivity contribution in [2.45, 2.75) is 6.42 Å². The standard InChI is InChI=1S/C26H21N3O2/c1-2-7-25(30)27-21-11-6-10-19(16-21)26(31)20-13-14-22-23(28-29-24(22)17-20)15-12-18-8-4-3-5-9-18/h2-6,8-17H,1,7H2,(H,27,30)(H,28,29)/b15-12+. The minimum Gasteiger partial charge on any atom is -0.326 e. The minimum absolute atomic E-state index is 0.127. The van der Waals surface area contributed by atoms with E-state index in [1.54, 1.807) is 36.4 Å². The number of nitrogens with one attached hydrogen (secondary N) is 2. The van der Waals surface area contributed by atoms with Crippen LogP contribution in [0.15, 0.2) is 85.5 Å². The molecule has 4 rings (SSSR count). The molecule has 0 aliphatic rings. The topological polar surface area (TPSA) is 74.8 Å². The Labute approximate surface area is 180 Å². The van der Waals surface area contributed by atoms with E-state index in [0.717, 1.165) is 22.2 Å². The molecule has 5 nitrogen and oxygen atoms in total. The predicted octanol–water partition coefficient (Wildman–Crippen LogP) is 5.48. The molecule has 0 unspecified atom stereocenters. The molecular formula is C26H21N3O2. The van der Waals surface area contributed by atoms with Crippen LogP contribution in [0.25, 0.3) is 23.1 Å². The first-order valence-electron chi connectivity index (χ1n) is 9.91. The number of ketones is 1. The van der Waals surface area contributed by atoms with Gasteiger partial charge in [0, 0.05) is 28.6 Å². The molecule has 4 aromatic rings. The van der Waals surface area contributed by atoms with E-state index in [-0.39, 0.29) is 18.1 Å². The van der Waals surface area contributed by atoms with E-state index >= 15 is 0 Å². The Bertz CT molecular complexity index is 1290. The molecule has 0 spiro atoms. The number of amides is 1. The molecule has 2 N–H and O–H groups in total. The summed E-state index contributed by atoms with van der Waals surface area (Å²) in [5, 5.41) is 11.1. The molecule has 0 atom stereocenters. The molecule has 31 heavy (non-hydrogen) atoms. The first kappa shape index (κ1) is 20.0. The van der Waals surface area contributed by atoms with Crippen LogP contribution >= 0.6 is 0 Å². The van der Waals surface area contributed by atoms with Gasteiger partial charge in [0.2, 0.25) is 5.91 Å². The van der Waals surface area contributed by atoms with Crippen LogP contribution in [0.2, 0.25) is 0 Å². The number of carbonyl (C=O) groups is 2. The fourth-order valence-electron chi connectivity index (χ4n) is 3.30. The molecule has 152 valence electrons. The van der Waals surface area contributed by atoms with Crippen molar-refractivity contribution in [3.05, 3.63) is 108 Å². The third kappa shape index (κ3) is 4.67. The summed E-state index contributed by atoms with van der Waals surface area (Å²) in [6.07, 6.45) is 5.70. The van der Waals surface area contributed by atoms with Crippen molar-refractivity contribution >= 4 is 40.4 Å². The van der Waals surface area contributed by atoms with Gasteiger partial charge in [0.25, 0.3) is 0 Å². The van der Waals surface area contributed by atoms with Crippen LogP contribution in [0, 0.1) is 0 Å².